The number of rotatable bonds is 3. The van der Waals surface area contributed by atoms with E-state index in [1.807, 2.05) is 29.2 Å². The third-order valence-corrected chi connectivity index (χ3v) is 5.14. The molecule has 4 rings (SSSR count). The Kier molecular flexibility index (Phi) is 4.51. The van der Waals surface area contributed by atoms with Gasteiger partial charge in [-0.1, -0.05) is 35.0 Å². The van der Waals surface area contributed by atoms with E-state index in [4.69, 9.17) is 16.1 Å². The van der Waals surface area contributed by atoms with Gasteiger partial charge in [-0.25, -0.2) is 0 Å². The Balaban J connectivity index is 1.42. The number of aryl methyl sites for hydroxylation is 1. The molecule has 1 fully saturated rings. The van der Waals surface area contributed by atoms with E-state index >= 15 is 0 Å². The molecule has 2 aromatic heterocycles. The smallest absolute Gasteiger partial charge is 0.292 e. The van der Waals surface area contributed by atoms with Crippen LogP contribution in [0.5, 0.6) is 0 Å². The van der Waals surface area contributed by atoms with E-state index < -0.39 is 0 Å². The molecule has 26 heavy (non-hydrogen) atoms. The van der Waals surface area contributed by atoms with Crippen molar-refractivity contribution in [2.75, 3.05) is 13.1 Å². The quantitative estimate of drug-likeness (QED) is 0.754. The number of amides is 1. The number of carbonyl (C=O) groups is 1. The van der Waals surface area contributed by atoms with Crippen LogP contribution in [-0.2, 0) is 0 Å². The Labute approximate surface area is 156 Å². The van der Waals surface area contributed by atoms with Gasteiger partial charge in [0.05, 0.1) is 16.4 Å². The molecule has 6 nitrogen and oxygen atoms in total. The molecule has 1 amide bonds. The topological polar surface area (TPSA) is 75.0 Å². The monoisotopic (exact) mass is 370 g/mol. The predicted octanol–water partition coefficient (Wildman–Crippen LogP) is 4.05. The lowest BCUT2D eigenvalue weighted by atomic mass is 9.93. The van der Waals surface area contributed by atoms with Gasteiger partial charge < -0.3 is 9.42 Å². The number of nitrogens with zero attached hydrogens (tertiary/aromatic N) is 3. The molecule has 1 N–H and O–H groups in total. The minimum absolute atomic E-state index is 0.0922. The van der Waals surface area contributed by atoms with Crippen molar-refractivity contribution in [2.45, 2.75) is 25.7 Å². The summed E-state index contributed by atoms with van der Waals surface area (Å²) in [6.07, 6.45) is 1.76. The van der Waals surface area contributed by atoms with E-state index in [2.05, 4.69) is 21.4 Å². The predicted molar refractivity (Wildman–Crippen MR) is 98.2 cm³/mol. The van der Waals surface area contributed by atoms with E-state index in [0.717, 1.165) is 29.8 Å². The van der Waals surface area contributed by atoms with Crippen molar-refractivity contribution >= 4 is 17.5 Å². The van der Waals surface area contributed by atoms with Gasteiger partial charge >= 0.3 is 0 Å². The van der Waals surface area contributed by atoms with Crippen LogP contribution in [0.1, 0.15) is 40.7 Å². The Morgan fingerprint density at radius 2 is 2.04 bits per heavy atom. The first-order chi connectivity index (χ1) is 12.6. The first-order valence-corrected chi connectivity index (χ1v) is 9.02. The number of hydrogen-bond acceptors (Lipinski definition) is 4. The minimum atomic E-state index is -0.0922. The number of nitrogens with one attached hydrogen (secondary N) is 1. The van der Waals surface area contributed by atoms with Crippen LogP contribution in [0.15, 0.2) is 40.9 Å². The number of piperidine rings is 1. The molecule has 3 aromatic rings. The zero-order chi connectivity index (χ0) is 18.1. The fourth-order valence-corrected chi connectivity index (χ4v) is 3.60. The van der Waals surface area contributed by atoms with Gasteiger partial charge in [0.25, 0.3) is 5.91 Å². The number of aromatic amines is 1. The molecule has 7 heteroatoms. The zero-order valence-electron chi connectivity index (χ0n) is 14.4. The molecule has 1 saturated heterocycles. The molecule has 1 aliphatic heterocycles. The van der Waals surface area contributed by atoms with Crippen molar-refractivity contribution in [1.82, 2.24) is 20.3 Å². The molecule has 134 valence electrons. The molecule has 0 radical (unpaired) electrons. The van der Waals surface area contributed by atoms with Gasteiger partial charge in [-0.05, 0) is 31.9 Å². The lowest BCUT2D eigenvalue weighted by Gasteiger charge is -2.30. The summed E-state index contributed by atoms with van der Waals surface area (Å²) in [5.41, 5.74) is 3.57. The second kappa shape index (κ2) is 6.96. The van der Waals surface area contributed by atoms with Gasteiger partial charge in [0, 0.05) is 36.3 Å². The second-order valence-electron chi connectivity index (χ2n) is 6.59. The maximum Gasteiger partial charge on any atom is 0.292 e. The summed E-state index contributed by atoms with van der Waals surface area (Å²) >= 11 is 6.26. The van der Waals surface area contributed by atoms with E-state index in [9.17, 15) is 4.79 Å². The van der Waals surface area contributed by atoms with Gasteiger partial charge in [0.1, 0.15) is 0 Å². The van der Waals surface area contributed by atoms with E-state index in [1.165, 1.54) is 0 Å². The molecule has 0 bridgehead atoms. The Morgan fingerprint density at radius 1 is 1.27 bits per heavy atom. The largest absolute Gasteiger partial charge is 0.351 e. The Morgan fingerprint density at radius 3 is 2.73 bits per heavy atom. The maximum absolute atomic E-state index is 12.4. The van der Waals surface area contributed by atoms with Crippen LogP contribution in [0.2, 0.25) is 5.02 Å². The van der Waals surface area contributed by atoms with Crippen LogP contribution < -0.4 is 0 Å². The first-order valence-electron chi connectivity index (χ1n) is 8.64. The normalized spacial score (nSPS) is 15.4. The van der Waals surface area contributed by atoms with Crippen LogP contribution in [0.4, 0.5) is 0 Å². The molecule has 0 atom stereocenters. The molecule has 1 aromatic carbocycles. The second-order valence-corrected chi connectivity index (χ2v) is 6.99. The lowest BCUT2D eigenvalue weighted by Crippen LogP contribution is -2.37. The Hall–Kier alpha value is -2.60. The SMILES string of the molecule is Cc1cc(C(=O)N2CCC(c3cc(-c4ccccc4Cl)n[nH]3)CC2)on1. The van der Waals surface area contributed by atoms with Crippen molar-refractivity contribution in [2.24, 2.45) is 0 Å². The van der Waals surface area contributed by atoms with E-state index in [-0.39, 0.29) is 5.91 Å². The van der Waals surface area contributed by atoms with Gasteiger partial charge in [0.15, 0.2) is 0 Å². The summed E-state index contributed by atoms with van der Waals surface area (Å²) in [5.74, 6) is 0.563. The summed E-state index contributed by atoms with van der Waals surface area (Å²) in [6, 6.07) is 11.4. The fourth-order valence-electron chi connectivity index (χ4n) is 3.37. The standard InChI is InChI=1S/C19H19ClN4O2/c1-12-10-18(26-23-12)19(25)24-8-6-13(7-9-24)16-11-17(22-21-16)14-4-2-3-5-15(14)20/h2-5,10-11,13H,6-9H2,1H3,(H,21,22). The molecule has 0 spiro atoms. The van der Waals surface area contributed by atoms with Crippen LogP contribution in [0.25, 0.3) is 11.3 Å². The number of benzene rings is 1. The summed E-state index contributed by atoms with van der Waals surface area (Å²) < 4.78 is 5.08. The number of likely N-dealkylation sites (tertiary alicyclic amines) is 1. The summed E-state index contributed by atoms with van der Waals surface area (Å²) in [6.45, 7) is 3.18. The average molecular weight is 371 g/mol. The molecule has 1 aliphatic rings. The van der Waals surface area contributed by atoms with Crippen LogP contribution in [0, 0.1) is 6.92 Å². The van der Waals surface area contributed by atoms with Crippen molar-refractivity contribution in [3.63, 3.8) is 0 Å². The molecule has 3 heterocycles. The highest BCUT2D eigenvalue weighted by molar-refractivity contribution is 6.33. The van der Waals surface area contributed by atoms with Gasteiger partial charge in [-0.2, -0.15) is 5.10 Å². The molecular formula is C19H19ClN4O2. The van der Waals surface area contributed by atoms with E-state index in [1.54, 1.807) is 13.0 Å². The number of hydrogen-bond donors (Lipinski definition) is 1. The van der Waals surface area contributed by atoms with Crippen molar-refractivity contribution in [1.29, 1.82) is 0 Å². The third-order valence-electron chi connectivity index (χ3n) is 4.81. The van der Waals surface area contributed by atoms with Crippen molar-refractivity contribution in [3.8, 4) is 11.3 Å². The third kappa shape index (κ3) is 3.24. The van der Waals surface area contributed by atoms with Gasteiger partial charge in [0.2, 0.25) is 5.76 Å². The summed E-state index contributed by atoms with van der Waals surface area (Å²) in [5, 5.41) is 12.0. The average Bonchev–Trinajstić information content (AvgIpc) is 3.31. The summed E-state index contributed by atoms with van der Waals surface area (Å²) in [7, 11) is 0. The van der Waals surface area contributed by atoms with Gasteiger partial charge in [-0.3, -0.25) is 9.89 Å². The van der Waals surface area contributed by atoms with Crippen LogP contribution >= 0.6 is 11.6 Å². The lowest BCUT2D eigenvalue weighted by molar-refractivity contribution is 0.0670. The number of aromatic nitrogens is 3. The van der Waals surface area contributed by atoms with Gasteiger partial charge in [-0.15, -0.1) is 0 Å². The van der Waals surface area contributed by atoms with Crippen molar-refractivity contribution in [3.05, 3.63) is 58.6 Å². The number of H-pyrrole nitrogens is 1. The molecular weight excluding hydrogens is 352 g/mol. The first kappa shape index (κ1) is 16.8. The van der Waals surface area contributed by atoms with Crippen molar-refractivity contribution < 1.29 is 9.32 Å². The highest BCUT2D eigenvalue weighted by Gasteiger charge is 2.27. The zero-order valence-corrected chi connectivity index (χ0v) is 15.2. The maximum atomic E-state index is 12.4. The minimum Gasteiger partial charge on any atom is -0.351 e. The Bertz CT molecular complexity index is 925. The number of carbonyl (C=O) groups excluding carboxylic acids is 1. The molecule has 0 unspecified atom stereocenters. The van der Waals surface area contributed by atoms with Crippen LogP contribution in [0.3, 0.4) is 0 Å². The summed E-state index contributed by atoms with van der Waals surface area (Å²) in [4.78, 5) is 14.3. The fraction of sp³-hybridized carbons (Fsp3) is 0.316. The van der Waals surface area contributed by atoms with E-state index in [0.29, 0.717) is 35.5 Å². The number of halogens is 1. The van der Waals surface area contributed by atoms with Crippen LogP contribution in [-0.4, -0.2) is 39.3 Å². The molecule has 0 saturated carbocycles. The highest BCUT2D eigenvalue weighted by atomic mass is 35.5. The highest BCUT2D eigenvalue weighted by Crippen LogP contribution is 2.32. The molecule has 0 aliphatic carbocycles.